The molecule has 0 aromatic heterocycles. The van der Waals surface area contributed by atoms with Crippen LogP contribution in [0.1, 0.15) is 0 Å². The first kappa shape index (κ1) is 29.0. The van der Waals surface area contributed by atoms with Crippen LogP contribution in [0.4, 0.5) is 73.7 Å². The zero-order valence-electron chi connectivity index (χ0n) is 11.2. The fraction of sp³-hybridized carbons (Fsp3) is 0. The van der Waals surface area contributed by atoms with E-state index in [1.165, 1.54) is 0 Å². The van der Waals surface area contributed by atoms with Gasteiger partial charge in [0.2, 0.25) is 5.82 Å². The van der Waals surface area contributed by atoms with E-state index >= 15 is 0 Å². The van der Waals surface area contributed by atoms with Crippen molar-refractivity contribution in [2.24, 2.45) is 0 Å². The van der Waals surface area contributed by atoms with Gasteiger partial charge in [-0.2, -0.15) is 0 Å². The van der Waals surface area contributed by atoms with Crippen LogP contribution in [0.5, 0.6) is 0 Å². The lowest BCUT2D eigenvalue weighted by atomic mass is 10.3. The van der Waals surface area contributed by atoms with Gasteiger partial charge >= 0.3 is 21.8 Å². The van der Waals surface area contributed by atoms with Crippen molar-refractivity contribution in [2.75, 3.05) is 0 Å². The Hall–Kier alpha value is -1.78. The first-order valence-corrected chi connectivity index (χ1v) is 5.14. The molecule has 0 unspecified atom stereocenters. The van der Waals surface area contributed by atoms with Crippen LogP contribution in [0.15, 0.2) is 6.07 Å². The van der Waals surface area contributed by atoms with Gasteiger partial charge in [0, 0.05) is 6.07 Å². The molecule has 20 heteroatoms. The molecule has 0 fully saturated rings. The van der Waals surface area contributed by atoms with Gasteiger partial charge in [0.1, 0.15) is 0 Å². The van der Waals surface area contributed by atoms with E-state index in [2.05, 4.69) is 0 Å². The summed E-state index contributed by atoms with van der Waals surface area (Å²) in [5.41, 5.74) is 0. The summed E-state index contributed by atoms with van der Waals surface area (Å²) in [5.74, 6) is -9.65. The minimum absolute atomic E-state index is 0.0618. The van der Waals surface area contributed by atoms with Crippen molar-refractivity contribution in [2.45, 2.75) is 0 Å². The molecule has 0 heterocycles. The molecule has 1 aromatic carbocycles. The molecule has 26 heavy (non-hydrogen) atoms. The van der Waals surface area contributed by atoms with E-state index in [0.717, 1.165) is 0 Å². The maximum absolute atomic E-state index is 12.0. The normalized spacial score (nSPS) is 11.3. The maximum Gasteiger partial charge on any atom is 0.673 e. The molecule has 0 N–H and O–H groups in total. The molecular weight excluding hydrogens is 427 g/mol. The number of benzene rings is 1. The van der Waals surface area contributed by atoms with Crippen molar-refractivity contribution in [3.63, 3.8) is 0 Å². The monoisotopic (exact) mass is 429 g/mol. The van der Waals surface area contributed by atoms with Gasteiger partial charge in [-0.3, -0.25) is 0 Å². The second kappa shape index (κ2) is 11.0. The van der Waals surface area contributed by atoms with Crippen molar-refractivity contribution in [1.29, 1.82) is 0 Å². The summed E-state index contributed by atoms with van der Waals surface area (Å²) < 4.78 is 177. The molecule has 0 saturated carbocycles. The lowest BCUT2D eigenvalue weighted by Crippen LogP contribution is -2.02. The summed E-state index contributed by atoms with van der Waals surface area (Å²) in [6.07, 6.45) is 0. The summed E-state index contributed by atoms with van der Waals surface area (Å²) in [6, 6.07) is -0.0618. The van der Waals surface area contributed by atoms with E-state index in [9.17, 15) is 73.7 Å². The van der Waals surface area contributed by atoms with E-state index in [1.54, 1.807) is 0 Å². The van der Waals surface area contributed by atoms with Gasteiger partial charge in [0.25, 0.3) is 0 Å². The van der Waals surface area contributed by atoms with Crippen molar-refractivity contribution >= 4 is 21.8 Å². The predicted octanol–water partition coefficient (Wildman–Crippen LogP) is 6.28. The third kappa shape index (κ3) is 30.1. The highest BCUT2D eigenvalue weighted by Gasteiger charge is 2.21. The molecule has 0 aliphatic carbocycles. The molecule has 0 atom stereocenters. The topological polar surface area (TPSA) is 0 Å². The smallest absolute Gasteiger partial charge is 0.418 e. The Morgan fingerprint density at radius 3 is 0.692 bits per heavy atom. The van der Waals surface area contributed by atoms with Gasteiger partial charge in [-0.25, -0.2) is 22.0 Å². The maximum atomic E-state index is 12.0. The predicted molar refractivity (Wildman–Crippen MR) is 56.8 cm³/mol. The summed E-state index contributed by atoms with van der Waals surface area (Å²) >= 11 is 0. The molecule has 0 spiro atoms. The summed E-state index contributed by atoms with van der Waals surface area (Å²) in [7, 11) is -18.0. The van der Waals surface area contributed by atoms with E-state index in [-0.39, 0.29) is 6.07 Å². The molecule has 0 bridgehead atoms. The largest absolute Gasteiger partial charge is 0.673 e. The van der Waals surface area contributed by atoms with Crippen molar-refractivity contribution < 1.29 is 73.7 Å². The zero-order valence-corrected chi connectivity index (χ0v) is 11.2. The van der Waals surface area contributed by atoms with Gasteiger partial charge in [0.05, 0.1) is 0 Å². The number of halogens is 17. The standard InChI is InChI=1S/C6HF5.3BF4/c7-2-1-3(8)5(10)6(11)4(2)9;3*2-1(3,4)5/h1H;;;/q;3*-1. The highest BCUT2D eigenvalue weighted by molar-refractivity contribution is 6.50. The van der Waals surface area contributed by atoms with E-state index < -0.39 is 50.8 Å². The highest BCUT2D eigenvalue weighted by atomic mass is 19.5. The molecule has 0 saturated heterocycles. The van der Waals surface area contributed by atoms with E-state index in [0.29, 0.717) is 0 Å². The van der Waals surface area contributed by atoms with E-state index in [1.807, 2.05) is 0 Å². The Morgan fingerprint density at radius 2 is 0.538 bits per heavy atom. The van der Waals surface area contributed by atoms with Crippen LogP contribution in [-0.2, 0) is 0 Å². The van der Waals surface area contributed by atoms with Gasteiger partial charge < -0.3 is 51.8 Å². The lowest BCUT2D eigenvalue weighted by molar-refractivity contribution is 0.366. The molecule has 0 amide bonds. The van der Waals surface area contributed by atoms with Crippen molar-refractivity contribution in [3.8, 4) is 0 Å². The van der Waals surface area contributed by atoms with E-state index in [4.69, 9.17) is 0 Å². The van der Waals surface area contributed by atoms with Gasteiger partial charge in [-0.1, -0.05) is 0 Å². The van der Waals surface area contributed by atoms with Crippen LogP contribution in [0.2, 0.25) is 0 Å². The van der Waals surface area contributed by atoms with Crippen LogP contribution >= 0.6 is 0 Å². The summed E-state index contributed by atoms with van der Waals surface area (Å²) in [5, 5.41) is 0. The second-order valence-electron chi connectivity index (χ2n) is 3.27. The Morgan fingerprint density at radius 1 is 0.385 bits per heavy atom. The molecule has 0 aliphatic heterocycles. The number of hydrogen-bond acceptors (Lipinski definition) is 0. The Kier molecular flexibility index (Phi) is 12.3. The molecular formula is C6HB3F17-3. The van der Waals surface area contributed by atoms with Gasteiger partial charge in [-0.05, 0) is 0 Å². The second-order valence-corrected chi connectivity index (χ2v) is 3.27. The fourth-order valence-electron chi connectivity index (χ4n) is 0.544. The quantitative estimate of drug-likeness (QED) is 0.197. The molecule has 1 aromatic rings. The van der Waals surface area contributed by atoms with Crippen LogP contribution < -0.4 is 0 Å². The summed E-state index contributed by atoms with van der Waals surface area (Å²) in [6.45, 7) is 0. The van der Waals surface area contributed by atoms with Crippen LogP contribution in [0.25, 0.3) is 0 Å². The number of rotatable bonds is 0. The Labute approximate surface area is 132 Å². The Balaban J connectivity index is -0.000000300. The third-order valence-corrected chi connectivity index (χ3v) is 1.06. The average molecular weight is 428 g/mol. The highest BCUT2D eigenvalue weighted by Crippen LogP contribution is 2.16. The van der Waals surface area contributed by atoms with Crippen molar-refractivity contribution in [1.82, 2.24) is 0 Å². The van der Waals surface area contributed by atoms with Crippen LogP contribution in [0.3, 0.4) is 0 Å². The summed E-state index contributed by atoms with van der Waals surface area (Å²) in [4.78, 5) is 0. The third-order valence-electron chi connectivity index (χ3n) is 1.06. The minimum Gasteiger partial charge on any atom is -0.418 e. The molecule has 0 nitrogen and oxygen atoms in total. The lowest BCUT2D eigenvalue weighted by Gasteiger charge is -1.96. The first-order valence-electron chi connectivity index (χ1n) is 5.14. The van der Waals surface area contributed by atoms with Crippen molar-refractivity contribution in [3.05, 3.63) is 35.2 Å². The Bertz CT molecular complexity index is 456. The molecule has 156 valence electrons. The number of hydrogen-bond donors (Lipinski definition) is 0. The van der Waals surface area contributed by atoms with Gasteiger partial charge in [0.15, 0.2) is 23.3 Å². The van der Waals surface area contributed by atoms with Gasteiger partial charge in [-0.15, -0.1) is 0 Å². The zero-order chi connectivity index (χ0) is 22.1. The SMILES string of the molecule is F[B-](F)(F)F.F[B-](F)(F)F.F[B-](F)(F)F.Fc1cc(F)c(F)c(F)c1F. The van der Waals surface area contributed by atoms with Crippen LogP contribution in [-0.4, -0.2) is 21.8 Å². The average Bonchev–Trinajstić information content (AvgIpc) is 2.27. The first-order chi connectivity index (χ1) is 11.0. The molecule has 0 aliphatic rings. The molecule has 1 rings (SSSR count). The molecule has 0 radical (unpaired) electrons. The van der Waals surface area contributed by atoms with Crippen LogP contribution in [0, 0.1) is 29.1 Å². The minimum atomic E-state index is -6.00. The fourth-order valence-corrected chi connectivity index (χ4v) is 0.544.